The van der Waals surface area contributed by atoms with Gasteiger partial charge in [-0.2, -0.15) is 0 Å². The van der Waals surface area contributed by atoms with Crippen molar-refractivity contribution in [2.75, 3.05) is 0 Å². The van der Waals surface area contributed by atoms with Crippen molar-refractivity contribution in [1.82, 2.24) is 5.32 Å². The molecule has 3 N–H and O–H groups in total. The average Bonchev–Trinajstić information content (AvgIpc) is 2.54. The van der Waals surface area contributed by atoms with E-state index in [1.165, 1.54) is 13.0 Å². The molecule has 23 heavy (non-hydrogen) atoms. The van der Waals surface area contributed by atoms with E-state index in [-0.39, 0.29) is 16.9 Å². The highest BCUT2D eigenvalue weighted by Gasteiger charge is 2.20. The van der Waals surface area contributed by atoms with Crippen LogP contribution < -0.4 is 11.1 Å². The Kier molecular flexibility index (Phi) is 5.13. The molecule has 1 atom stereocenters. The van der Waals surface area contributed by atoms with Gasteiger partial charge < -0.3 is 11.1 Å². The molecule has 0 bridgehead atoms. The van der Waals surface area contributed by atoms with Crippen molar-refractivity contribution >= 4 is 29.2 Å². The Hall–Kier alpha value is -2.66. The summed E-state index contributed by atoms with van der Waals surface area (Å²) in [5.41, 5.74) is 5.97. The van der Waals surface area contributed by atoms with E-state index in [0.717, 1.165) is 0 Å². The summed E-state index contributed by atoms with van der Waals surface area (Å²) < 4.78 is 0. The van der Waals surface area contributed by atoms with Crippen molar-refractivity contribution < 1.29 is 14.4 Å². The van der Waals surface area contributed by atoms with Crippen LogP contribution in [0.25, 0.3) is 0 Å². The van der Waals surface area contributed by atoms with E-state index in [4.69, 9.17) is 17.3 Å². The lowest BCUT2D eigenvalue weighted by molar-refractivity contribution is -0.119. The minimum Gasteiger partial charge on any atom is -0.368 e. The first-order valence-electron chi connectivity index (χ1n) is 6.89. The second-order valence-electron chi connectivity index (χ2n) is 4.98. The molecule has 118 valence electrons. The Morgan fingerprint density at radius 3 is 2.13 bits per heavy atom. The van der Waals surface area contributed by atoms with Crippen LogP contribution in [0.4, 0.5) is 0 Å². The second-order valence-corrected chi connectivity index (χ2v) is 5.42. The highest BCUT2D eigenvalue weighted by molar-refractivity contribution is 6.30. The number of nitrogens with one attached hydrogen (secondary N) is 1. The molecule has 2 aromatic carbocycles. The number of amides is 2. The van der Waals surface area contributed by atoms with Crippen LogP contribution in [0.5, 0.6) is 0 Å². The molecule has 0 heterocycles. The Balaban J connectivity index is 2.33. The highest BCUT2D eigenvalue weighted by Crippen LogP contribution is 2.17. The van der Waals surface area contributed by atoms with Crippen molar-refractivity contribution in [3.05, 3.63) is 70.2 Å². The number of benzene rings is 2. The van der Waals surface area contributed by atoms with E-state index in [1.807, 2.05) is 0 Å². The number of carbonyl (C=O) groups excluding carboxylic acids is 3. The van der Waals surface area contributed by atoms with Gasteiger partial charge in [-0.25, -0.2) is 0 Å². The van der Waals surface area contributed by atoms with Gasteiger partial charge in [0.1, 0.15) is 6.04 Å². The van der Waals surface area contributed by atoms with Gasteiger partial charge >= 0.3 is 0 Å². The Morgan fingerprint density at radius 2 is 1.57 bits per heavy atom. The fraction of sp³-hybridized carbons (Fsp3) is 0.118. The van der Waals surface area contributed by atoms with Gasteiger partial charge in [0.25, 0.3) is 5.91 Å². The number of carbonyl (C=O) groups is 3. The third-order valence-electron chi connectivity index (χ3n) is 3.30. The maximum Gasteiger partial charge on any atom is 0.252 e. The molecule has 0 saturated carbocycles. The molecule has 5 nitrogen and oxygen atoms in total. The topological polar surface area (TPSA) is 89.3 Å². The first-order valence-corrected chi connectivity index (χ1v) is 7.27. The summed E-state index contributed by atoms with van der Waals surface area (Å²) in [6, 6.07) is 11.9. The first-order chi connectivity index (χ1) is 10.9. The molecule has 2 amide bonds. The fourth-order valence-electron chi connectivity index (χ4n) is 1.98. The summed E-state index contributed by atoms with van der Waals surface area (Å²) in [5.74, 6) is -1.49. The fourth-order valence-corrected chi connectivity index (χ4v) is 2.11. The highest BCUT2D eigenvalue weighted by atomic mass is 35.5. The van der Waals surface area contributed by atoms with Crippen molar-refractivity contribution in [2.45, 2.75) is 13.0 Å². The number of hydrogen-bond acceptors (Lipinski definition) is 3. The molecule has 0 aliphatic heterocycles. The SMILES string of the molecule is CC(NC(=O)c1ccccc1C(=O)c1ccc(Cl)cc1)C(N)=O. The molecule has 2 rings (SSSR count). The average molecular weight is 331 g/mol. The standard InChI is InChI=1S/C17H15ClN2O3/c1-10(16(19)22)20-17(23)14-5-3-2-4-13(14)15(21)11-6-8-12(18)9-7-11/h2-10H,1H3,(H2,19,22)(H,20,23). The third kappa shape index (κ3) is 3.96. The van der Waals surface area contributed by atoms with Gasteiger partial charge in [0, 0.05) is 16.1 Å². The number of rotatable bonds is 5. The van der Waals surface area contributed by atoms with Crippen LogP contribution in [-0.2, 0) is 4.79 Å². The molecular weight excluding hydrogens is 316 g/mol. The lowest BCUT2D eigenvalue weighted by Gasteiger charge is -2.12. The molecule has 0 radical (unpaired) electrons. The van der Waals surface area contributed by atoms with Crippen molar-refractivity contribution in [1.29, 1.82) is 0 Å². The second kappa shape index (κ2) is 7.07. The number of hydrogen-bond donors (Lipinski definition) is 2. The zero-order valence-corrected chi connectivity index (χ0v) is 13.1. The summed E-state index contributed by atoms with van der Waals surface area (Å²) in [6.07, 6.45) is 0. The Morgan fingerprint density at radius 1 is 1.00 bits per heavy atom. The summed E-state index contributed by atoms with van der Waals surface area (Å²) in [5, 5.41) is 2.98. The van der Waals surface area contributed by atoms with Gasteiger partial charge in [0.2, 0.25) is 5.91 Å². The lowest BCUT2D eigenvalue weighted by Crippen LogP contribution is -2.42. The molecule has 0 spiro atoms. The molecule has 0 saturated heterocycles. The zero-order valence-electron chi connectivity index (χ0n) is 12.4. The molecule has 0 aliphatic carbocycles. The lowest BCUT2D eigenvalue weighted by atomic mass is 9.98. The van der Waals surface area contributed by atoms with Gasteiger partial charge in [0.05, 0.1) is 5.56 Å². The minimum absolute atomic E-state index is 0.181. The summed E-state index contributed by atoms with van der Waals surface area (Å²) in [4.78, 5) is 35.9. The summed E-state index contributed by atoms with van der Waals surface area (Å²) >= 11 is 5.81. The molecule has 2 aromatic rings. The predicted molar refractivity (Wildman–Crippen MR) is 87.4 cm³/mol. The van der Waals surface area contributed by atoms with Crippen LogP contribution in [0.1, 0.15) is 33.2 Å². The molecule has 6 heteroatoms. The molecule has 1 unspecified atom stereocenters. The minimum atomic E-state index is -0.832. The van der Waals surface area contributed by atoms with Gasteiger partial charge in [-0.1, -0.05) is 29.8 Å². The zero-order chi connectivity index (χ0) is 17.0. The number of nitrogens with two attached hydrogens (primary N) is 1. The third-order valence-corrected chi connectivity index (χ3v) is 3.55. The van der Waals surface area contributed by atoms with E-state index in [2.05, 4.69) is 5.32 Å². The Bertz CT molecular complexity index is 757. The molecule has 0 aliphatic rings. The van der Waals surface area contributed by atoms with E-state index in [1.54, 1.807) is 42.5 Å². The predicted octanol–water partition coefficient (Wildman–Crippen LogP) is 2.17. The van der Waals surface area contributed by atoms with Crippen LogP contribution >= 0.6 is 11.6 Å². The van der Waals surface area contributed by atoms with Crippen molar-refractivity contribution in [3.8, 4) is 0 Å². The van der Waals surface area contributed by atoms with Crippen LogP contribution in [0.15, 0.2) is 48.5 Å². The van der Waals surface area contributed by atoms with E-state index in [9.17, 15) is 14.4 Å². The van der Waals surface area contributed by atoms with Crippen LogP contribution in [0.3, 0.4) is 0 Å². The van der Waals surface area contributed by atoms with Gasteiger partial charge in [-0.05, 0) is 37.3 Å². The number of primary amides is 1. The smallest absolute Gasteiger partial charge is 0.252 e. The Labute approximate surface area is 138 Å². The van der Waals surface area contributed by atoms with Crippen LogP contribution in [0.2, 0.25) is 5.02 Å². The molecule has 0 aromatic heterocycles. The quantitative estimate of drug-likeness (QED) is 0.823. The monoisotopic (exact) mass is 330 g/mol. The maximum atomic E-state index is 12.6. The van der Waals surface area contributed by atoms with Gasteiger partial charge in [0.15, 0.2) is 5.78 Å². The van der Waals surface area contributed by atoms with Crippen molar-refractivity contribution in [3.63, 3.8) is 0 Å². The van der Waals surface area contributed by atoms with Crippen LogP contribution in [0, 0.1) is 0 Å². The maximum absolute atomic E-state index is 12.6. The van der Waals surface area contributed by atoms with E-state index >= 15 is 0 Å². The number of ketones is 1. The first kappa shape index (κ1) is 16.7. The summed E-state index contributed by atoms with van der Waals surface area (Å²) in [6.45, 7) is 1.48. The van der Waals surface area contributed by atoms with E-state index in [0.29, 0.717) is 10.6 Å². The number of halogens is 1. The summed E-state index contributed by atoms with van der Waals surface area (Å²) in [7, 11) is 0. The normalized spacial score (nSPS) is 11.6. The van der Waals surface area contributed by atoms with Crippen molar-refractivity contribution in [2.24, 2.45) is 5.73 Å². The van der Waals surface area contributed by atoms with Gasteiger partial charge in [-0.15, -0.1) is 0 Å². The van der Waals surface area contributed by atoms with E-state index < -0.39 is 17.9 Å². The van der Waals surface area contributed by atoms with Gasteiger partial charge in [-0.3, -0.25) is 14.4 Å². The molecule has 0 fully saturated rings. The molecular formula is C17H15ClN2O3. The van der Waals surface area contributed by atoms with Crippen LogP contribution in [-0.4, -0.2) is 23.6 Å². The largest absolute Gasteiger partial charge is 0.368 e.